The summed E-state index contributed by atoms with van der Waals surface area (Å²) < 4.78 is 31.6. The van der Waals surface area contributed by atoms with Crippen molar-refractivity contribution in [2.45, 2.75) is 45.3 Å². The molecule has 2 aromatic heterocycles. The quantitative estimate of drug-likeness (QED) is 0.312. The Morgan fingerprint density at radius 2 is 2.00 bits per heavy atom. The molecule has 4 rings (SSSR count). The number of nitrogens with two attached hydrogens (primary N) is 1. The molecule has 1 aromatic carbocycles. The summed E-state index contributed by atoms with van der Waals surface area (Å²) in [5.41, 5.74) is 7.08. The van der Waals surface area contributed by atoms with Crippen molar-refractivity contribution >= 4 is 44.7 Å². The number of methoxy groups -OCH3 is 1. The van der Waals surface area contributed by atoms with Crippen LogP contribution >= 0.6 is 11.3 Å². The van der Waals surface area contributed by atoms with Gasteiger partial charge >= 0.3 is 6.09 Å². The Bertz CT molecular complexity index is 1400. The lowest BCUT2D eigenvalue weighted by Crippen LogP contribution is -2.43. The van der Waals surface area contributed by atoms with E-state index in [0.29, 0.717) is 31.1 Å². The predicted molar refractivity (Wildman–Crippen MR) is 154 cm³/mol. The second-order valence-electron chi connectivity index (χ2n) is 10.5. The first kappa shape index (κ1) is 29.4. The monoisotopic (exact) mass is 570 g/mol. The molecule has 1 aliphatic rings. The summed E-state index contributed by atoms with van der Waals surface area (Å²) in [6.07, 6.45) is 3.98. The van der Waals surface area contributed by atoms with Gasteiger partial charge in [-0.2, -0.15) is 0 Å². The van der Waals surface area contributed by atoms with Crippen LogP contribution in [0, 0.1) is 5.82 Å². The number of thiophene rings is 1. The highest BCUT2D eigenvalue weighted by atomic mass is 32.1. The van der Waals surface area contributed by atoms with Gasteiger partial charge < -0.3 is 30.2 Å². The van der Waals surface area contributed by atoms with Gasteiger partial charge in [0.25, 0.3) is 0 Å². The zero-order valence-electron chi connectivity index (χ0n) is 23.2. The molecule has 1 aliphatic heterocycles. The van der Waals surface area contributed by atoms with Gasteiger partial charge in [0.2, 0.25) is 0 Å². The van der Waals surface area contributed by atoms with Crippen molar-refractivity contribution in [1.29, 1.82) is 0 Å². The number of halogens is 1. The van der Waals surface area contributed by atoms with E-state index in [1.165, 1.54) is 28.4 Å². The van der Waals surface area contributed by atoms with E-state index in [-0.39, 0.29) is 24.5 Å². The summed E-state index contributed by atoms with van der Waals surface area (Å²) in [6, 6.07) is 7.47. The maximum atomic E-state index is 14.3. The zero-order valence-corrected chi connectivity index (χ0v) is 24.0. The number of rotatable bonds is 10. The highest BCUT2D eigenvalue weighted by Crippen LogP contribution is 2.39. The van der Waals surface area contributed by atoms with Crippen LogP contribution < -0.4 is 15.8 Å². The molecular weight excluding hydrogens is 535 g/mol. The van der Waals surface area contributed by atoms with Crippen molar-refractivity contribution in [1.82, 2.24) is 15.2 Å². The molecule has 1 amide bonds. The number of benzene rings is 1. The molecular formula is C29H35FN4O5S. The van der Waals surface area contributed by atoms with Crippen molar-refractivity contribution in [2.75, 3.05) is 39.1 Å². The number of nitrogen functional groups attached to an aromatic ring is 1. The number of Topliss-reactive ketones (excluding diaryl/α,β-unsaturated/α-hetero) is 1. The van der Waals surface area contributed by atoms with Gasteiger partial charge in [0, 0.05) is 62.1 Å². The predicted octanol–water partition coefficient (Wildman–Crippen LogP) is 5.40. The summed E-state index contributed by atoms with van der Waals surface area (Å²) in [6.45, 7) is 6.94. The van der Waals surface area contributed by atoms with E-state index in [9.17, 15) is 14.0 Å². The minimum Gasteiger partial charge on any atom is -0.453 e. The maximum absolute atomic E-state index is 14.3. The zero-order chi connectivity index (χ0) is 28.9. The summed E-state index contributed by atoms with van der Waals surface area (Å²) in [7, 11) is 1.56. The van der Waals surface area contributed by atoms with E-state index < -0.39 is 23.6 Å². The van der Waals surface area contributed by atoms with Crippen molar-refractivity contribution in [3.63, 3.8) is 0 Å². The van der Waals surface area contributed by atoms with E-state index in [2.05, 4.69) is 10.3 Å². The second kappa shape index (κ2) is 12.8. The highest BCUT2D eigenvalue weighted by Gasteiger charge is 2.26. The molecule has 3 aromatic rings. The molecule has 0 fully saturated rings. The molecule has 3 N–H and O–H groups in total. The number of ketones is 1. The number of nitrogens with one attached hydrogen (secondary N) is 1. The van der Waals surface area contributed by atoms with Crippen LogP contribution in [0.2, 0.25) is 0 Å². The molecule has 9 nitrogen and oxygen atoms in total. The van der Waals surface area contributed by atoms with Gasteiger partial charge in [0.1, 0.15) is 11.4 Å². The van der Waals surface area contributed by atoms with Crippen LogP contribution in [0.1, 0.15) is 38.5 Å². The van der Waals surface area contributed by atoms with Gasteiger partial charge in [-0.3, -0.25) is 9.78 Å². The van der Waals surface area contributed by atoms with E-state index >= 15 is 0 Å². The molecule has 0 saturated carbocycles. The molecule has 0 radical (unpaired) electrons. The van der Waals surface area contributed by atoms with Crippen LogP contribution in [0.3, 0.4) is 0 Å². The van der Waals surface area contributed by atoms with Gasteiger partial charge in [-0.1, -0.05) is 6.08 Å². The Morgan fingerprint density at radius 1 is 1.20 bits per heavy atom. The van der Waals surface area contributed by atoms with Crippen molar-refractivity contribution < 1.29 is 28.2 Å². The van der Waals surface area contributed by atoms with E-state index in [0.717, 1.165) is 27.1 Å². The molecule has 1 atom stereocenters. The van der Waals surface area contributed by atoms with Crippen LogP contribution in [-0.2, 0) is 14.3 Å². The Balaban J connectivity index is 1.48. The average molecular weight is 571 g/mol. The number of amides is 1. The Labute approximate surface area is 237 Å². The van der Waals surface area contributed by atoms with Crippen molar-refractivity contribution in [3.8, 4) is 11.5 Å². The number of carbonyl (C=O) groups excluding carboxylic acids is 2. The normalized spacial score (nSPS) is 15.5. The van der Waals surface area contributed by atoms with Gasteiger partial charge in [-0.15, -0.1) is 11.3 Å². The number of hydrogen-bond donors (Lipinski definition) is 2. The van der Waals surface area contributed by atoms with Gasteiger partial charge in [-0.25, -0.2) is 9.18 Å². The van der Waals surface area contributed by atoms with Gasteiger partial charge in [0.15, 0.2) is 17.3 Å². The number of hydrogen-bond acceptors (Lipinski definition) is 9. The topological polar surface area (TPSA) is 116 Å². The number of pyridine rings is 1. The standard InChI is InChI=1S/C29H35FN4O5S/c1-29(2,3)39-28(36)34(13-14-37-4)12-9-23(35)21-15-18(7-10-32-21)26-17-22-27(40-26)25(8-11-33-22)38-24-6-5-19(31)16-20(24)30/h5-6,8,11,15-17,21,32H,7,9-10,12-14,31H2,1-4H3. The van der Waals surface area contributed by atoms with Crippen molar-refractivity contribution in [2.24, 2.45) is 0 Å². The minimum atomic E-state index is -0.637. The molecule has 3 heterocycles. The summed E-state index contributed by atoms with van der Waals surface area (Å²) in [4.78, 5) is 32.7. The number of nitrogens with zero attached hydrogens (tertiary/aromatic N) is 2. The highest BCUT2D eigenvalue weighted by molar-refractivity contribution is 7.20. The third kappa shape index (κ3) is 7.56. The molecule has 0 saturated heterocycles. The number of ether oxygens (including phenoxy) is 3. The fourth-order valence-electron chi connectivity index (χ4n) is 4.21. The number of aromatic nitrogens is 1. The van der Waals surface area contributed by atoms with Crippen LogP contribution in [-0.4, -0.2) is 66.8 Å². The minimum absolute atomic E-state index is 0.0229. The van der Waals surface area contributed by atoms with Crippen LogP contribution in [0.4, 0.5) is 14.9 Å². The van der Waals surface area contributed by atoms with Crippen LogP contribution in [0.15, 0.2) is 42.6 Å². The van der Waals surface area contributed by atoms with Crippen LogP contribution in [0.25, 0.3) is 15.8 Å². The maximum Gasteiger partial charge on any atom is 0.410 e. The van der Waals surface area contributed by atoms with Gasteiger partial charge in [0.05, 0.1) is 22.9 Å². The third-order valence-corrected chi connectivity index (χ3v) is 7.40. The summed E-state index contributed by atoms with van der Waals surface area (Å²) >= 11 is 1.48. The number of fused-ring (bicyclic) bond motifs is 1. The summed E-state index contributed by atoms with van der Waals surface area (Å²) in [5.74, 6) is 0.00145. The molecule has 0 aliphatic carbocycles. The van der Waals surface area contributed by atoms with Crippen LogP contribution in [0.5, 0.6) is 11.5 Å². The smallest absolute Gasteiger partial charge is 0.410 e. The largest absolute Gasteiger partial charge is 0.453 e. The van der Waals surface area contributed by atoms with E-state index in [1.807, 2.05) is 12.1 Å². The van der Waals surface area contributed by atoms with E-state index in [4.69, 9.17) is 19.9 Å². The lowest BCUT2D eigenvalue weighted by atomic mass is 9.99. The molecule has 0 bridgehead atoms. The Hall–Kier alpha value is -3.54. The second-order valence-corrected chi connectivity index (χ2v) is 11.5. The molecule has 0 spiro atoms. The lowest BCUT2D eigenvalue weighted by molar-refractivity contribution is -0.120. The number of anilines is 1. The fraction of sp³-hybridized carbons (Fsp3) is 0.414. The first-order chi connectivity index (χ1) is 19.0. The molecule has 11 heteroatoms. The fourth-order valence-corrected chi connectivity index (χ4v) is 5.33. The van der Waals surface area contributed by atoms with E-state index in [1.54, 1.807) is 46.2 Å². The average Bonchev–Trinajstić information content (AvgIpc) is 3.35. The first-order valence-corrected chi connectivity index (χ1v) is 13.9. The first-order valence-electron chi connectivity index (χ1n) is 13.1. The lowest BCUT2D eigenvalue weighted by Gasteiger charge is -2.28. The Morgan fingerprint density at radius 3 is 2.73 bits per heavy atom. The molecule has 214 valence electrons. The summed E-state index contributed by atoms with van der Waals surface area (Å²) in [5, 5.41) is 3.27. The van der Waals surface area contributed by atoms with Crippen molar-refractivity contribution in [3.05, 3.63) is 53.3 Å². The Kier molecular flexibility index (Phi) is 9.39. The SMILES string of the molecule is COCCN(CCC(=O)C1C=C(c2cc3nccc(Oc4ccc(N)cc4F)c3s2)CCN1)C(=O)OC(C)(C)C. The molecule has 40 heavy (non-hydrogen) atoms. The molecule has 1 unspecified atom stereocenters. The van der Waals surface area contributed by atoms with Gasteiger partial charge in [-0.05, 0) is 51.0 Å². The number of carbonyl (C=O) groups is 2. The third-order valence-electron chi connectivity index (χ3n) is 6.19.